The third-order valence-corrected chi connectivity index (χ3v) is 5.69. The van der Waals surface area contributed by atoms with E-state index in [2.05, 4.69) is 10.2 Å². The molecule has 2 rings (SSSR count). The molecule has 0 unspecified atom stereocenters. The maximum atomic E-state index is 10.4. The van der Waals surface area contributed by atoms with Gasteiger partial charge in [-0.3, -0.25) is 4.79 Å². The van der Waals surface area contributed by atoms with Crippen LogP contribution in [0.15, 0.2) is 42.5 Å². The number of hydrogen-bond donors (Lipinski definition) is 5. The van der Waals surface area contributed by atoms with Crippen LogP contribution in [-0.4, -0.2) is 63.3 Å². The number of alkyl halides is 2. The van der Waals surface area contributed by atoms with Gasteiger partial charge in [0, 0.05) is 54.6 Å². The fraction of sp³-hybridized carbons (Fsp3) is 0.519. The van der Waals surface area contributed by atoms with E-state index in [9.17, 15) is 15.0 Å². The number of halogens is 2. The zero-order valence-electron chi connectivity index (χ0n) is 21.4. The highest BCUT2D eigenvalue weighted by atomic mass is 35.5. The van der Waals surface area contributed by atoms with E-state index in [0.717, 1.165) is 30.8 Å². The highest BCUT2D eigenvalue weighted by Crippen LogP contribution is 2.22. The molecule has 0 saturated heterocycles. The Morgan fingerprint density at radius 1 is 1.06 bits per heavy atom. The van der Waals surface area contributed by atoms with Gasteiger partial charge in [-0.1, -0.05) is 18.2 Å². The van der Waals surface area contributed by atoms with Gasteiger partial charge < -0.3 is 30.6 Å². The van der Waals surface area contributed by atoms with E-state index in [4.69, 9.17) is 33.4 Å². The topological polar surface area (TPSA) is 113 Å². The molecule has 0 spiro atoms. The number of aliphatic carboxylic acids is 1. The van der Waals surface area contributed by atoms with Crippen LogP contribution in [0, 0.1) is 0 Å². The molecule has 202 valence electrons. The van der Waals surface area contributed by atoms with Crippen LogP contribution < -0.4 is 10.2 Å². The summed E-state index contributed by atoms with van der Waals surface area (Å²) in [4.78, 5) is 12.6. The first-order valence-corrected chi connectivity index (χ1v) is 13.1. The second kappa shape index (κ2) is 16.7. The zero-order valence-corrected chi connectivity index (χ0v) is 22.9. The van der Waals surface area contributed by atoms with Gasteiger partial charge in [-0.2, -0.15) is 0 Å². The number of nitrogens with one attached hydrogen (secondary N) is 1. The monoisotopic (exact) mass is 542 g/mol. The number of phenols is 1. The van der Waals surface area contributed by atoms with Gasteiger partial charge in [0.25, 0.3) is 0 Å². The largest absolute Gasteiger partial charge is 0.508 e. The van der Waals surface area contributed by atoms with E-state index in [-0.39, 0.29) is 24.3 Å². The average molecular weight is 544 g/mol. The summed E-state index contributed by atoms with van der Waals surface area (Å²) in [5.74, 6) is 0.438. The molecule has 0 saturated carbocycles. The summed E-state index contributed by atoms with van der Waals surface area (Å²) in [6.45, 7) is 7.80. The Morgan fingerprint density at radius 2 is 1.67 bits per heavy atom. The van der Waals surface area contributed by atoms with Crippen LogP contribution in [-0.2, 0) is 17.8 Å². The van der Waals surface area contributed by atoms with Gasteiger partial charge in [-0.05, 0) is 69.0 Å². The van der Waals surface area contributed by atoms with E-state index in [0.29, 0.717) is 35.9 Å². The summed E-state index contributed by atoms with van der Waals surface area (Å²) in [6.07, 6.45) is 1.02. The van der Waals surface area contributed by atoms with E-state index in [1.807, 2.05) is 45.0 Å². The molecule has 7 nitrogen and oxygen atoms in total. The van der Waals surface area contributed by atoms with Crippen molar-refractivity contribution in [2.75, 3.05) is 36.3 Å². The number of aliphatic hydroxyl groups excluding tert-OH is 2. The third-order valence-electron chi connectivity index (χ3n) is 5.35. The molecule has 0 amide bonds. The van der Waals surface area contributed by atoms with Crippen LogP contribution in [0.1, 0.15) is 56.4 Å². The molecule has 2 aromatic rings. The molecule has 9 heteroatoms. The Morgan fingerprint density at radius 3 is 2.17 bits per heavy atom. The van der Waals surface area contributed by atoms with Gasteiger partial charge in [0.15, 0.2) is 0 Å². The molecule has 5 N–H and O–H groups in total. The van der Waals surface area contributed by atoms with Crippen molar-refractivity contribution in [3.8, 4) is 5.75 Å². The van der Waals surface area contributed by atoms with Gasteiger partial charge >= 0.3 is 5.97 Å². The molecule has 0 radical (unpaired) electrons. The number of benzene rings is 2. The fourth-order valence-electron chi connectivity index (χ4n) is 3.35. The van der Waals surface area contributed by atoms with Crippen LogP contribution in [0.2, 0.25) is 0 Å². The van der Waals surface area contributed by atoms with Crippen LogP contribution in [0.4, 0.5) is 5.69 Å². The molecular formula is C27H40Cl2N2O5. The number of aromatic hydroxyl groups is 1. The Balaban J connectivity index is 0.000000362. The maximum Gasteiger partial charge on any atom is 0.303 e. The lowest BCUT2D eigenvalue weighted by Gasteiger charge is -2.23. The molecule has 2 aromatic carbocycles. The van der Waals surface area contributed by atoms with Crippen molar-refractivity contribution in [1.82, 2.24) is 5.32 Å². The van der Waals surface area contributed by atoms with Gasteiger partial charge in [-0.15, -0.1) is 23.2 Å². The number of aliphatic hydroxyl groups is 2. The molecule has 0 heterocycles. The highest BCUT2D eigenvalue weighted by Gasteiger charge is 2.14. The van der Waals surface area contributed by atoms with Crippen LogP contribution >= 0.6 is 23.2 Å². The summed E-state index contributed by atoms with van der Waals surface area (Å²) in [5, 5.41) is 40.2. The summed E-state index contributed by atoms with van der Waals surface area (Å²) in [7, 11) is 0. The number of carboxylic acid groups (broad SMARTS) is 1. The van der Waals surface area contributed by atoms with Gasteiger partial charge in [-0.25, -0.2) is 0 Å². The molecule has 1 atom stereocenters. The van der Waals surface area contributed by atoms with Crippen LogP contribution in [0.3, 0.4) is 0 Å². The summed E-state index contributed by atoms with van der Waals surface area (Å²) >= 11 is 11.5. The molecule has 0 bridgehead atoms. The smallest absolute Gasteiger partial charge is 0.303 e. The molecule has 0 aliphatic heterocycles. The summed E-state index contributed by atoms with van der Waals surface area (Å²) < 4.78 is 0. The van der Waals surface area contributed by atoms with Crippen molar-refractivity contribution < 1.29 is 25.2 Å². The Bertz CT molecular complexity index is 898. The van der Waals surface area contributed by atoms with Crippen molar-refractivity contribution in [1.29, 1.82) is 0 Å². The van der Waals surface area contributed by atoms with Crippen molar-refractivity contribution >= 4 is 34.9 Å². The SMILES string of the molecule is CC(C)(C)NC[C@H](O)c1ccc(O)c(CO)c1.O=C(O)CCCc1ccc(N(CCCl)CCCl)cc1. The lowest BCUT2D eigenvalue weighted by Crippen LogP contribution is -2.38. The molecule has 0 fully saturated rings. The van der Waals surface area contributed by atoms with Gasteiger partial charge in [0.05, 0.1) is 12.7 Å². The third kappa shape index (κ3) is 12.8. The van der Waals surface area contributed by atoms with Gasteiger partial charge in [0.1, 0.15) is 5.75 Å². The van der Waals surface area contributed by atoms with E-state index in [1.165, 1.54) is 6.07 Å². The van der Waals surface area contributed by atoms with Crippen LogP contribution in [0.5, 0.6) is 5.75 Å². The van der Waals surface area contributed by atoms with E-state index < -0.39 is 12.1 Å². The van der Waals surface area contributed by atoms with Gasteiger partial charge in [0.2, 0.25) is 0 Å². The second-order valence-electron chi connectivity index (χ2n) is 9.47. The molecule has 0 aromatic heterocycles. The first-order chi connectivity index (χ1) is 17.0. The number of aryl methyl sites for hydroxylation is 1. The van der Waals surface area contributed by atoms with E-state index >= 15 is 0 Å². The number of hydrogen-bond acceptors (Lipinski definition) is 6. The Kier molecular flexibility index (Phi) is 14.8. The standard InChI is InChI=1S/C14H19Cl2NO2.C13H21NO3/c15-8-10-17(11-9-16)13-6-4-12(5-7-13)2-1-3-14(18)19;1-13(2,3)14-7-12(17)9-4-5-11(16)10(6-9)8-15/h4-7H,1-3,8-11H2,(H,18,19);4-6,12,14-17H,7-8H2,1-3H3/t;12-/m.0/s1. The Hall–Kier alpha value is -2.03. The minimum atomic E-state index is -0.743. The normalized spacial score (nSPS) is 12.0. The number of carboxylic acids is 1. The summed E-state index contributed by atoms with van der Waals surface area (Å²) in [6, 6.07) is 12.9. The number of anilines is 1. The molecule has 0 aliphatic carbocycles. The minimum absolute atomic E-state index is 0.0484. The van der Waals surface area contributed by atoms with Crippen molar-refractivity contribution in [3.63, 3.8) is 0 Å². The quantitative estimate of drug-likeness (QED) is 0.233. The first-order valence-electron chi connectivity index (χ1n) is 12.0. The first kappa shape index (κ1) is 32.0. The number of carbonyl (C=O) groups is 1. The molecule has 0 aliphatic rings. The van der Waals surface area contributed by atoms with Crippen molar-refractivity contribution in [2.45, 2.75) is 58.3 Å². The van der Waals surface area contributed by atoms with Crippen molar-refractivity contribution in [3.05, 3.63) is 59.2 Å². The highest BCUT2D eigenvalue weighted by molar-refractivity contribution is 6.18. The molecular weight excluding hydrogens is 503 g/mol. The maximum absolute atomic E-state index is 10.4. The lowest BCUT2D eigenvalue weighted by atomic mass is 10.0. The lowest BCUT2D eigenvalue weighted by molar-refractivity contribution is -0.137. The number of rotatable bonds is 13. The summed E-state index contributed by atoms with van der Waals surface area (Å²) in [5.41, 5.74) is 3.31. The zero-order chi connectivity index (χ0) is 27.1. The van der Waals surface area contributed by atoms with E-state index in [1.54, 1.807) is 12.1 Å². The average Bonchev–Trinajstić information content (AvgIpc) is 2.83. The molecule has 36 heavy (non-hydrogen) atoms. The number of β-amino-alcohol motifs (C(OH)–C–C–N with tert-alkyl or cyclic N) is 1. The minimum Gasteiger partial charge on any atom is -0.508 e. The number of nitrogens with zero attached hydrogens (tertiary/aromatic N) is 1. The van der Waals surface area contributed by atoms with Crippen LogP contribution in [0.25, 0.3) is 0 Å². The fourth-order valence-corrected chi connectivity index (χ4v) is 3.76. The predicted octanol–water partition coefficient (Wildman–Crippen LogP) is 4.68. The van der Waals surface area contributed by atoms with Crippen molar-refractivity contribution in [2.24, 2.45) is 0 Å². The second-order valence-corrected chi connectivity index (χ2v) is 10.2. The predicted molar refractivity (Wildman–Crippen MR) is 147 cm³/mol. The Labute approximate surface area is 224 Å².